The summed E-state index contributed by atoms with van der Waals surface area (Å²) < 4.78 is 16.8. The minimum absolute atomic E-state index is 0.0923. The molecule has 1 N–H and O–H groups in total. The lowest BCUT2D eigenvalue weighted by Gasteiger charge is -2.40. The third-order valence-corrected chi connectivity index (χ3v) is 5.54. The van der Waals surface area contributed by atoms with Gasteiger partial charge in [-0.1, -0.05) is 11.6 Å². The van der Waals surface area contributed by atoms with Gasteiger partial charge in [0.15, 0.2) is 11.5 Å². The molecule has 0 aromatic heterocycles. The average Bonchev–Trinajstić information content (AvgIpc) is 2.72. The Morgan fingerprint density at radius 1 is 1.22 bits per heavy atom. The lowest BCUT2D eigenvalue weighted by molar-refractivity contribution is 0.0449. The van der Waals surface area contributed by atoms with Crippen LogP contribution in [0.2, 0.25) is 5.02 Å². The van der Waals surface area contributed by atoms with Crippen molar-refractivity contribution in [2.75, 3.05) is 33.4 Å². The molecule has 2 amide bonds. The second-order valence-corrected chi connectivity index (χ2v) is 8.88. The Bertz CT molecular complexity index is 786. The van der Waals surface area contributed by atoms with Crippen molar-refractivity contribution in [2.45, 2.75) is 65.1 Å². The monoisotopic (exact) mass is 470 g/mol. The van der Waals surface area contributed by atoms with Crippen LogP contribution in [0.5, 0.6) is 11.5 Å². The molecule has 0 bridgehead atoms. The highest BCUT2D eigenvalue weighted by Gasteiger charge is 2.33. The van der Waals surface area contributed by atoms with E-state index in [0.29, 0.717) is 49.7 Å². The smallest absolute Gasteiger partial charge is 0.407 e. The van der Waals surface area contributed by atoms with Crippen LogP contribution in [-0.4, -0.2) is 78.5 Å². The molecule has 0 radical (unpaired) electrons. The highest BCUT2D eigenvalue weighted by Crippen LogP contribution is 2.36. The summed E-state index contributed by atoms with van der Waals surface area (Å²) in [5, 5.41) is 9.67. The number of methoxy groups -OCH3 is 1. The van der Waals surface area contributed by atoms with E-state index in [4.69, 9.17) is 25.8 Å². The molecule has 1 saturated heterocycles. The van der Waals surface area contributed by atoms with E-state index in [-0.39, 0.29) is 35.7 Å². The van der Waals surface area contributed by atoms with Crippen molar-refractivity contribution in [2.24, 2.45) is 0 Å². The maximum Gasteiger partial charge on any atom is 0.407 e. The molecule has 180 valence electrons. The number of benzene rings is 1. The topological polar surface area (TPSA) is 88.5 Å². The molecule has 0 aliphatic carbocycles. The van der Waals surface area contributed by atoms with E-state index in [1.807, 2.05) is 27.7 Å². The molecule has 0 saturated carbocycles. The van der Waals surface area contributed by atoms with Crippen molar-refractivity contribution in [1.29, 1.82) is 0 Å². The van der Waals surface area contributed by atoms with E-state index in [1.54, 1.807) is 24.1 Å². The Hall–Kier alpha value is -2.19. The van der Waals surface area contributed by atoms with Crippen LogP contribution < -0.4 is 9.47 Å². The molecular weight excluding hydrogens is 436 g/mol. The highest BCUT2D eigenvalue weighted by molar-refractivity contribution is 6.34. The van der Waals surface area contributed by atoms with E-state index in [0.717, 1.165) is 6.42 Å². The van der Waals surface area contributed by atoms with Crippen LogP contribution in [0.1, 0.15) is 57.3 Å². The first-order valence-electron chi connectivity index (χ1n) is 11.1. The van der Waals surface area contributed by atoms with Gasteiger partial charge in [-0.3, -0.25) is 4.79 Å². The van der Waals surface area contributed by atoms with Crippen LogP contribution in [0.3, 0.4) is 0 Å². The number of rotatable bonds is 10. The Morgan fingerprint density at radius 3 is 2.53 bits per heavy atom. The number of likely N-dealkylation sites (tertiary alicyclic amines) is 1. The van der Waals surface area contributed by atoms with Crippen molar-refractivity contribution >= 4 is 23.6 Å². The molecule has 1 atom stereocenters. The zero-order chi connectivity index (χ0) is 23.8. The van der Waals surface area contributed by atoms with Crippen LogP contribution >= 0.6 is 11.6 Å². The van der Waals surface area contributed by atoms with Crippen molar-refractivity contribution in [3.63, 3.8) is 0 Å². The molecule has 1 aromatic carbocycles. The van der Waals surface area contributed by atoms with E-state index in [2.05, 4.69) is 0 Å². The van der Waals surface area contributed by atoms with E-state index < -0.39 is 6.09 Å². The Morgan fingerprint density at radius 2 is 1.94 bits per heavy atom. The fourth-order valence-electron chi connectivity index (χ4n) is 3.86. The van der Waals surface area contributed by atoms with Gasteiger partial charge in [-0.2, -0.15) is 0 Å². The minimum atomic E-state index is -0.967. The van der Waals surface area contributed by atoms with E-state index in [9.17, 15) is 14.7 Å². The number of amides is 2. The van der Waals surface area contributed by atoms with E-state index >= 15 is 0 Å². The summed E-state index contributed by atoms with van der Waals surface area (Å²) in [5.41, 5.74) is 0.311. The Kier molecular flexibility index (Phi) is 9.90. The molecule has 2 rings (SSSR count). The van der Waals surface area contributed by atoms with Gasteiger partial charge in [-0.25, -0.2) is 4.79 Å². The predicted molar refractivity (Wildman–Crippen MR) is 123 cm³/mol. The van der Waals surface area contributed by atoms with E-state index in [1.165, 1.54) is 4.90 Å². The molecular formula is C23H35ClN2O6. The van der Waals surface area contributed by atoms with Crippen LogP contribution in [-0.2, 0) is 4.74 Å². The molecule has 1 aliphatic rings. The van der Waals surface area contributed by atoms with Gasteiger partial charge in [-0.15, -0.1) is 0 Å². The van der Waals surface area contributed by atoms with Gasteiger partial charge in [0, 0.05) is 45.3 Å². The molecule has 8 nitrogen and oxygen atoms in total. The second kappa shape index (κ2) is 12.2. The first-order valence-corrected chi connectivity index (χ1v) is 11.5. The zero-order valence-electron chi connectivity index (χ0n) is 19.6. The lowest BCUT2D eigenvalue weighted by atomic mass is 10.0. The number of hydrogen-bond donors (Lipinski definition) is 1. The van der Waals surface area contributed by atoms with Gasteiger partial charge < -0.3 is 29.1 Å². The Balaban J connectivity index is 2.34. The average molecular weight is 471 g/mol. The number of hydrogen-bond acceptors (Lipinski definition) is 5. The predicted octanol–water partition coefficient (Wildman–Crippen LogP) is 4.54. The molecule has 1 fully saturated rings. The summed E-state index contributed by atoms with van der Waals surface area (Å²) in [6.45, 7) is 9.37. The lowest BCUT2D eigenvalue weighted by Crippen LogP contribution is -2.53. The maximum atomic E-state index is 13.6. The van der Waals surface area contributed by atoms with Crippen molar-refractivity contribution in [3.05, 3.63) is 22.7 Å². The van der Waals surface area contributed by atoms with Gasteiger partial charge in [0.2, 0.25) is 0 Å². The second-order valence-electron chi connectivity index (χ2n) is 8.47. The van der Waals surface area contributed by atoms with Crippen LogP contribution in [0, 0.1) is 0 Å². The number of carboxylic acid groups (broad SMARTS) is 1. The number of ether oxygens (including phenoxy) is 3. The van der Waals surface area contributed by atoms with Crippen molar-refractivity contribution < 1.29 is 28.9 Å². The van der Waals surface area contributed by atoms with Gasteiger partial charge in [0.1, 0.15) is 0 Å². The van der Waals surface area contributed by atoms with Gasteiger partial charge in [-0.05, 0) is 46.6 Å². The van der Waals surface area contributed by atoms with Crippen LogP contribution in [0.25, 0.3) is 0 Å². The first-order chi connectivity index (χ1) is 15.1. The minimum Gasteiger partial charge on any atom is -0.490 e. The Labute approximate surface area is 195 Å². The van der Waals surface area contributed by atoms with Gasteiger partial charge in [0.25, 0.3) is 5.91 Å². The largest absolute Gasteiger partial charge is 0.490 e. The normalized spacial score (nSPS) is 16.4. The number of carbonyl (C=O) groups excluding carboxylic acids is 1. The molecule has 1 aromatic rings. The quantitative estimate of drug-likeness (QED) is 0.505. The number of halogens is 1. The van der Waals surface area contributed by atoms with Gasteiger partial charge >= 0.3 is 6.09 Å². The summed E-state index contributed by atoms with van der Waals surface area (Å²) in [4.78, 5) is 28.2. The number of piperidine rings is 1. The summed E-state index contributed by atoms with van der Waals surface area (Å²) in [5.74, 6) is 0.673. The van der Waals surface area contributed by atoms with Crippen molar-refractivity contribution in [1.82, 2.24) is 9.80 Å². The van der Waals surface area contributed by atoms with Crippen LogP contribution in [0.4, 0.5) is 4.79 Å². The highest BCUT2D eigenvalue weighted by atomic mass is 35.5. The maximum absolute atomic E-state index is 13.6. The molecule has 1 heterocycles. The summed E-state index contributed by atoms with van der Waals surface area (Å²) >= 11 is 6.52. The molecule has 0 unspecified atom stereocenters. The van der Waals surface area contributed by atoms with Gasteiger partial charge in [0.05, 0.1) is 29.3 Å². The zero-order valence-corrected chi connectivity index (χ0v) is 20.4. The van der Waals surface area contributed by atoms with Crippen molar-refractivity contribution in [3.8, 4) is 11.5 Å². The fraction of sp³-hybridized carbons (Fsp3) is 0.652. The molecule has 9 heteroatoms. The SMILES string of the molecule is COCCCOc1cc(C(=O)N(C(C)C)[C@@H]2CCCN(C(=O)O)C2)c(Cl)cc1OC(C)C. The third-order valence-electron chi connectivity index (χ3n) is 5.23. The standard InChI is InChI=1S/C23H35ClN2O6/c1-15(2)26(17-8-6-9-25(14-17)23(28)29)22(27)18-12-20(31-11-7-10-30-5)21(13-19(18)24)32-16(3)4/h12-13,15-17H,6-11,14H2,1-5H3,(H,28,29)/t17-/m1/s1. The summed E-state index contributed by atoms with van der Waals surface area (Å²) in [6, 6.07) is 2.89. The fourth-order valence-corrected chi connectivity index (χ4v) is 4.09. The summed E-state index contributed by atoms with van der Waals surface area (Å²) in [7, 11) is 1.63. The van der Waals surface area contributed by atoms with Crippen LogP contribution in [0.15, 0.2) is 12.1 Å². The summed E-state index contributed by atoms with van der Waals surface area (Å²) in [6.07, 6.45) is 1.07. The number of nitrogens with zero attached hydrogens (tertiary/aromatic N) is 2. The number of carbonyl (C=O) groups is 2. The molecule has 0 spiro atoms. The third kappa shape index (κ3) is 6.90. The molecule has 1 aliphatic heterocycles. The molecule has 32 heavy (non-hydrogen) atoms. The first kappa shape index (κ1) is 26.1.